The van der Waals surface area contributed by atoms with E-state index in [1.54, 1.807) is 29.0 Å². The maximum atomic E-state index is 11.2. The summed E-state index contributed by atoms with van der Waals surface area (Å²) >= 11 is 0. The topological polar surface area (TPSA) is 85.3 Å². The highest BCUT2D eigenvalue weighted by molar-refractivity contribution is 5.94. The van der Waals surface area contributed by atoms with Gasteiger partial charge in [0.2, 0.25) is 5.91 Å². The average Bonchev–Trinajstić information content (AvgIpc) is 2.78. The third-order valence-electron chi connectivity index (χ3n) is 2.63. The second-order valence-corrected chi connectivity index (χ2v) is 3.90. The second kappa shape index (κ2) is 4.75. The summed E-state index contributed by atoms with van der Waals surface area (Å²) in [7, 11) is 0. The number of benzene rings is 1. The zero-order valence-electron chi connectivity index (χ0n) is 9.54. The van der Waals surface area contributed by atoms with Gasteiger partial charge in [0, 0.05) is 24.5 Å². The van der Waals surface area contributed by atoms with Crippen molar-refractivity contribution in [1.29, 1.82) is 0 Å². The molecule has 0 saturated carbocycles. The fourth-order valence-corrected chi connectivity index (χ4v) is 1.76. The highest BCUT2D eigenvalue weighted by Crippen LogP contribution is 2.11. The number of carbonyl (C=O) groups excluding carboxylic acids is 1. The van der Waals surface area contributed by atoms with Crippen LogP contribution < -0.4 is 5.73 Å². The quantitative estimate of drug-likeness (QED) is 0.850. The number of nitrogens with two attached hydrogens (primary N) is 1. The van der Waals surface area contributed by atoms with E-state index in [9.17, 15) is 9.59 Å². The number of amides is 1. The number of aromatic nitrogens is 1. The van der Waals surface area contributed by atoms with Gasteiger partial charge in [-0.15, -0.1) is 0 Å². The molecule has 92 valence electrons. The minimum atomic E-state index is -0.975. The maximum Gasteiger partial charge on any atom is 0.337 e. The fourth-order valence-electron chi connectivity index (χ4n) is 1.76. The SMILES string of the molecule is NC(=O)c1ccccc1Cn1ccc(C(=O)O)c1. The zero-order valence-corrected chi connectivity index (χ0v) is 9.54. The molecule has 0 spiro atoms. The average molecular weight is 244 g/mol. The van der Waals surface area contributed by atoms with E-state index in [4.69, 9.17) is 10.8 Å². The van der Waals surface area contributed by atoms with Crippen molar-refractivity contribution in [3.63, 3.8) is 0 Å². The summed E-state index contributed by atoms with van der Waals surface area (Å²) in [5.74, 6) is -1.46. The van der Waals surface area contributed by atoms with Crippen LogP contribution in [0, 0.1) is 0 Å². The molecular weight excluding hydrogens is 232 g/mol. The minimum Gasteiger partial charge on any atom is -0.478 e. The van der Waals surface area contributed by atoms with E-state index in [1.807, 2.05) is 6.07 Å². The third-order valence-corrected chi connectivity index (χ3v) is 2.63. The molecule has 0 bridgehead atoms. The predicted octanol–water partition coefficient (Wildman–Crippen LogP) is 1.33. The first-order valence-electron chi connectivity index (χ1n) is 5.34. The Balaban J connectivity index is 2.28. The van der Waals surface area contributed by atoms with Gasteiger partial charge in [0.05, 0.1) is 5.56 Å². The Morgan fingerprint density at radius 1 is 1.22 bits per heavy atom. The number of carbonyl (C=O) groups is 2. The van der Waals surface area contributed by atoms with Crippen molar-refractivity contribution in [2.75, 3.05) is 0 Å². The van der Waals surface area contributed by atoms with Crippen molar-refractivity contribution in [2.24, 2.45) is 5.73 Å². The molecule has 18 heavy (non-hydrogen) atoms. The summed E-state index contributed by atoms with van der Waals surface area (Å²) in [6.07, 6.45) is 3.17. The normalized spacial score (nSPS) is 10.2. The number of carboxylic acids is 1. The summed E-state index contributed by atoms with van der Waals surface area (Å²) in [6, 6.07) is 8.50. The molecule has 0 unspecified atom stereocenters. The molecule has 5 heteroatoms. The van der Waals surface area contributed by atoms with E-state index in [-0.39, 0.29) is 5.56 Å². The van der Waals surface area contributed by atoms with Crippen molar-refractivity contribution < 1.29 is 14.7 Å². The maximum absolute atomic E-state index is 11.2. The van der Waals surface area contributed by atoms with Gasteiger partial charge in [0.1, 0.15) is 0 Å². The molecule has 1 aromatic carbocycles. The van der Waals surface area contributed by atoms with Crippen LogP contribution >= 0.6 is 0 Å². The van der Waals surface area contributed by atoms with Crippen molar-refractivity contribution in [3.05, 3.63) is 59.4 Å². The van der Waals surface area contributed by atoms with Gasteiger partial charge in [0.25, 0.3) is 0 Å². The molecule has 0 aliphatic carbocycles. The van der Waals surface area contributed by atoms with Gasteiger partial charge >= 0.3 is 5.97 Å². The van der Waals surface area contributed by atoms with Crippen LogP contribution in [0.15, 0.2) is 42.7 Å². The monoisotopic (exact) mass is 244 g/mol. The number of hydrogen-bond acceptors (Lipinski definition) is 2. The van der Waals surface area contributed by atoms with Gasteiger partial charge < -0.3 is 15.4 Å². The smallest absolute Gasteiger partial charge is 0.337 e. The van der Waals surface area contributed by atoms with Crippen molar-refractivity contribution in [2.45, 2.75) is 6.54 Å². The first-order valence-corrected chi connectivity index (χ1v) is 5.34. The van der Waals surface area contributed by atoms with E-state index in [2.05, 4.69) is 0 Å². The number of hydrogen-bond donors (Lipinski definition) is 2. The van der Waals surface area contributed by atoms with Crippen molar-refractivity contribution in [3.8, 4) is 0 Å². The summed E-state index contributed by atoms with van der Waals surface area (Å²) in [6.45, 7) is 0.409. The Morgan fingerprint density at radius 2 is 1.94 bits per heavy atom. The first kappa shape index (κ1) is 11.9. The zero-order chi connectivity index (χ0) is 13.1. The molecule has 0 aliphatic rings. The lowest BCUT2D eigenvalue weighted by Crippen LogP contribution is -2.14. The van der Waals surface area contributed by atoms with Crippen LogP contribution in [0.3, 0.4) is 0 Å². The molecule has 1 heterocycles. The molecule has 5 nitrogen and oxygen atoms in total. The van der Waals surface area contributed by atoms with E-state index in [0.717, 1.165) is 5.56 Å². The van der Waals surface area contributed by atoms with Gasteiger partial charge in [-0.2, -0.15) is 0 Å². The summed E-state index contributed by atoms with van der Waals surface area (Å²) in [4.78, 5) is 22.0. The molecule has 3 N–H and O–H groups in total. The first-order chi connectivity index (χ1) is 8.58. The van der Waals surface area contributed by atoms with E-state index in [1.165, 1.54) is 12.3 Å². The lowest BCUT2D eigenvalue weighted by molar-refractivity contribution is 0.0696. The summed E-state index contributed by atoms with van der Waals surface area (Å²) in [5, 5.41) is 8.82. The van der Waals surface area contributed by atoms with Crippen LogP contribution in [0.4, 0.5) is 0 Å². The number of nitrogens with zero attached hydrogens (tertiary/aromatic N) is 1. The Labute approximate surface area is 103 Å². The number of rotatable bonds is 4. The van der Waals surface area contributed by atoms with Crippen molar-refractivity contribution in [1.82, 2.24) is 4.57 Å². The van der Waals surface area contributed by atoms with E-state index < -0.39 is 11.9 Å². The van der Waals surface area contributed by atoms with E-state index >= 15 is 0 Å². The molecular formula is C13H12N2O3. The molecule has 0 atom stereocenters. The fraction of sp³-hybridized carbons (Fsp3) is 0.0769. The third kappa shape index (κ3) is 2.40. The number of carboxylic acid groups (broad SMARTS) is 1. The summed E-state index contributed by atoms with van der Waals surface area (Å²) in [5.41, 5.74) is 6.70. The van der Waals surface area contributed by atoms with Gasteiger partial charge in [-0.05, 0) is 17.7 Å². The van der Waals surface area contributed by atoms with Crippen LogP contribution in [0.25, 0.3) is 0 Å². The number of aromatic carboxylic acids is 1. The predicted molar refractivity (Wildman–Crippen MR) is 65.5 cm³/mol. The molecule has 2 aromatic rings. The Bertz CT molecular complexity index is 602. The molecule has 0 fully saturated rings. The van der Waals surface area contributed by atoms with Crippen LogP contribution in [0.2, 0.25) is 0 Å². The molecule has 0 aliphatic heterocycles. The molecule has 0 saturated heterocycles. The van der Waals surface area contributed by atoms with Crippen LogP contribution in [0.5, 0.6) is 0 Å². The van der Waals surface area contributed by atoms with Gasteiger partial charge in [-0.1, -0.05) is 18.2 Å². The van der Waals surface area contributed by atoms with Crippen LogP contribution in [-0.4, -0.2) is 21.6 Å². The standard InChI is InChI=1S/C13H12N2O3/c14-12(16)11-4-2-1-3-9(11)7-15-6-5-10(8-15)13(17)18/h1-6,8H,7H2,(H2,14,16)(H,17,18). The lowest BCUT2D eigenvalue weighted by atomic mass is 10.1. The minimum absolute atomic E-state index is 0.214. The van der Waals surface area contributed by atoms with Gasteiger partial charge in [0.15, 0.2) is 0 Å². The molecule has 1 amide bonds. The molecule has 2 rings (SSSR count). The molecule has 0 radical (unpaired) electrons. The Kier molecular flexibility index (Phi) is 3.14. The lowest BCUT2D eigenvalue weighted by Gasteiger charge is -2.07. The largest absolute Gasteiger partial charge is 0.478 e. The van der Waals surface area contributed by atoms with E-state index in [0.29, 0.717) is 12.1 Å². The molecule has 1 aromatic heterocycles. The Morgan fingerprint density at radius 3 is 2.56 bits per heavy atom. The van der Waals surface area contributed by atoms with Gasteiger partial charge in [-0.25, -0.2) is 4.79 Å². The van der Waals surface area contributed by atoms with Gasteiger partial charge in [-0.3, -0.25) is 4.79 Å². The van der Waals surface area contributed by atoms with Crippen molar-refractivity contribution >= 4 is 11.9 Å². The summed E-state index contributed by atoms with van der Waals surface area (Å²) < 4.78 is 1.70. The van der Waals surface area contributed by atoms with Crippen LogP contribution in [0.1, 0.15) is 26.3 Å². The highest BCUT2D eigenvalue weighted by Gasteiger charge is 2.09. The number of primary amides is 1. The van der Waals surface area contributed by atoms with Crippen LogP contribution in [-0.2, 0) is 6.54 Å². The Hall–Kier alpha value is -2.56. The highest BCUT2D eigenvalue weighted by atomic mass is 16.4. The second-order valence-electron chi connectivity index (χ2n) is 3.90.